The maximum absolute atomic E-state index is 11.7. The summed E-state index contributed by atoms with van der Waals surface area (Å²) in [7, 11) is 0. The summed E-state index contributed by atoms with van der Waals surface area (Å²) in [6.07, 6.45) is 0. The van der Waals surface area contributed by atoms with Crippen molar-refractivity contribution in [1.82, 2.24) is 9.97 Å². The Morgan fingerprint density at radius 1 is 1.12 bits per heavy atom. The summed E-state index contributed by atoms with van der Waals surface area (Å²) in [6.45, 7) is 0. The van der Waals surface area contributed by atoms with Crippen molar-refractivity contribution in [1.29, 1.82) is 0 Å². The van der Waals surface area contributed by atoms with Gasteiger partial charge >= 0.3 is 5.69 Å². The van der Waals surface area contributed by atoms with Gasteiger partial charge in [0, 0.05) is 15.8 Å². The predicted molar refractivity (Wildman–Crippen MR) is 66.4 cm³/mol. The second-order valence-electron chi connectivity index (χ2n) is 3.24. The number of H-pyrrole nitrogens is 2. The minimum absolute atomic E-state index is 0.330. The lowest BCUT2D eigenvalue weighted by Gasteiger charge is -1.93. The van der Waals surface area contributed by atoms with Crippen molar-refractivity contribution in [3.05, 3.63) is 43.7 Å². The summed E-state index contributed by atoms with van der Waals surface area (Å²) in [5.74, 6) is 0. The Balaban J connectivity index is 2.45. The van der Waals surface area contributed by atoms with Crippen LogP contribution >= 0.6 is 22.7 Å². The van der Waals surface area contributed by atoms with Crippen LogP contribution in [0.4, 0.5) is 0 Å². The third-order valence-electron chi connectivity index (χ3n) is 2.26. The highest BCUT2D eigenvalue weighted by atomic mass is 32.1. The summed E-state index contributed by atoms with van der Waals surface area (Å²) in [5.41, 5.74) is 0.0907. The Morgan fingerprint density at radius 2 is 2.00 bits per heavy atom. The van der Waals surface area contributed by atoms with Crippen molar-refractivity contribution in [3.63, 3.8) is 0 Å². The first-order valence-corrected chi connectivity index (χ1v) is 6.29. The lowest BCUT2D eigenvalue weighted by atomic mass is 10.2. The molecule has 0 spiro atoms. The van der Waals surface area contributed by atoms with Crippen LogP contribution in [0.1, 0.15) is 0 Å². The highest BCUT2D eigenvalue weighted by Crippen LogP contribution is 2.32. The molecule has 3 aromatic heterocycles. The summed E-state index contributed by atoms with van der Waals surface area (Å²) in [6, 6.07) is 3.89. The van der Waals surface area contributed by atoms with Crippen molar-refractivity contribution in [2.24, 2.45) is 0 Å². The first kappa shape index (κ1) is 9.56. The molecule has 80 valence electrons. The molecular weight excluding hydrogens is 244 g/mol. The largest absolute Gasteiger partial charge is 0.326 e. The number of nitrogens with one attached hydrogen (secondary N) is 2. The molecule has 0 saturated heterocycles. The Bertz CT molecular complexity index is 749. The quantitative estimate of drug-likeness (QED) is 0.693. The molecule has 3 rings (SSSR count). The number of hydrogen-bond donors (Lipinski definition) is 2. The van der Waals surface area contributed by atoms with Crippen LogP contribution in [-0.4, -0.2) is 9.97 Å². The van der Waals surface area contributed by atoms with Crippen LogP contribution in [0, 0.1) is 0 Å². The number of rotatable bonds is 1. The van der Waals surface area contributed by atoms with Crippen molar-refractivity contribution >= 4 is 32.9 Å². The van der Waals surface area contributed by atoms with E-state index in [2.05, 4.69) is 9.97 Å². The van der Waals surface area contributed by atoms with E-state index in [1.165, 1.54) is 11.3 Å². The van der Waals surface area contributed by atoms with Gasteiger partial charge in [0.25, 0.3) is 5.56 Å². The van der Waals surface area contributed by atoms with E-state index in [9.17, 15) is 9.59 Å². The van der Waals surface area contributed by atoms with Crippen LogP contribution in [0.25, 0.3) is 20.7 Å². The fraction of sp³-hybridized carbons (Fsp3) is 0. The standard InChI is InChI=1S/C10H6N2O2S2/c13-8-7-5(6-2-1-3-15-6)4-16-9(7)12-10(14)11-8/h1-4H,(H2,11,12,13,14). The van der Waals surface area contributed by atoms with E-state index in [0.717, 1.165) is 10.4 Å². The molecule has 3 aromatic rings. The van der Waals surface area contributed by atoms with Gasteiger partial charge < -0.3 is 0 Å². The molecule has 0 bridgehead atoms. The maximum atomic E-state index is 11.7. The summed E-state index contributed by atoms with van der Waals surface area (Å²) < 4.78 is 0. The van der Waals surface area contributed by atoms with Crippen LogP contribution in [0.3, 0.4) is 0 Å². The lowest BCUT2D eigenvalue weighted by molar-refractivity contribution is 1.09. The van der Waals surface area contributed by atoms with Crippen molar-refractivity contribution in [2.45, 2.75) is 0 Å². The highest BCUT2D eigenvalue weighted by molar-refractivity contribution is 7.18. The molecule has 0 amide bonds. The van der Waals surface area contributed by atoms with E-state index >= 15 is 0 Å². The molecule has 0 aromatic carbocycles. The van der Waals surface area contributed by atoms with E-state index in [1.54, 1.807) is 11.3 Å². The molecular formula is C10H6N2O2S2. The van der Waals surface area contributed by atoms with Crippen molar-refractivity contribution in [3.8, 4) is 10.4 Å². The monoisotopic (exact) mass is 250 g/mol. The maximum Gasteiger partial charge on any atom is 0.326 e. The first-order chi connectivity index (χ1) is 7.75. The molecule has 0 saturated carbocycles. The summed E-state index contributed by atoms with van der Waals surface area (Å²) >= 11 is 2.94. The Hall–Kier alpha value is -1.66. The molecule has 0 fully saturated rings. The predicted octanol–water partition coefficient (Wildman–Crippen LogP) is 2.01. The molecule has 4 nitrogen and oxygen atoms in total. The normalized spacial score (nSPS) is 11.0. The van der Waals surface area contributed by atoms with Gasteiger partial charge in [0.05, 0.1) is 5.39 Å². The Labute approximate surface area is 97.2 Å². The van der Waals surface area contributed by atoms with Gasteiger partial charge in [0.2, 0.25) is 0 Å². The van der Waals surface area contributed by atoms with E-state index in [-0.39, 0.29) is 5.56 Å². The van der Waals surface area contributed by atoms with Gasteiger partial charge in [-0.25, -0.2) is 4.79 Å². The topological polar surface area (TPSA) is 65.7 Å². The van der Waals surface area contributed by atoms with Crippen LogP contribution in [0.5, 0.6) is 0 Å². The molecule has 0 aliphatic heterocycles. The van der Waals surface area contributed by atoms with E-state index < -0.39 is 5.69 Å². The van der Waals surface area contributed by atoms with Gasteiger partial charge in [0.15, 0.2) is 0 Å². The molecule has 0 unspecified atom stereocenters. The van der Waals surface area contributed by atoms with Gasteiger partial charge in [-0.1, -0.05) is 6.07 Å². The van der Waals surface area contributed by atoms with Crippen LogP contribution < -0.4 is 11.2 Å². The van der Waals surface area contributed by atoms with Crippen LogP contribution in [-0.2, 0) is 0 Å². The van der Waals surface area contributed by atoms with Gasteiger partial charge in [-0.05, 0) is 11.4 Å². The summed E-state index contributed by atoms with van der Waals surface area (Å²) in [4.78, 5) is 29.3. The van der Waals surface area contributed by atoms with Crippen LogP contribution in [0.15, 0.2) is 32.5 Å². The number of fused-ring (bicyclic) bond motifs is 1. The minimum atomic E-state index is -0.461. The lowest BCUT2D eigenvalue weighted by Crippen LogP contribution is -2.21. The Morgan fingerprint density at radius 3 is 2.75 bits per heavy atom. The van der Waals surface area contributed by atoms with Gasteiger partial charge in [-0.15, -0.1) is 22.7 Å². The molecule has 0 atom stereocenters. The van der Waals surface area contributed by atoms with Crippen molar-refractivity contribution in [2.75, 3.05) is 0 Å². The molecule has 6 heteroatoms. The number of aromatic nitrogens is 2. The van der Waals surface area contributed by atoms with Gasteiger partial charge in [-0.2, -0.15) is 0 Å². The zero-order valence-electron chi connectivity index (χ0n) is 7.94. The second kappa shape index (κ2) is 3.43. The summed E-state index contributed by atoms with van der Waals surface area (Å²) in [5, 5.41) is 4.41. The fourth-order valence-corrected chi connectivity index (χ4v) is 3.36. The highest BCUT2D eigenvalue weighted by Gasteiger charge is 2.11. The first-order valence-electron chi connectivity index (χ1n) is 4.53. The van der Waals surface area contributed by atoms with E-state index in [0.29, 0.717) is 10.2 Å². The SMILES string of the molecule is O=c1[nH]c(=O)c2c(-c3cccs3)csc2[nH]1. The Kier molecular flexibility index (Phi) is 2.05. The van der Waals surface area contributed by atoms with E-state index in [1.807, 2.05) is 22.9 Å². The van der Waals surface area contributed by atoms with Gasteiger partial charge in [-0.3, -0.25) is 14.8 Å². The zero-order chi connectivity index (χ0) is 11.1. The average Bonchev–Trinajstić information content (AvgIpc) is 2.82. The smallest absolute Gasteiger partial charge is 0.298 e. The van der Waals surface area contributed by atoms with Crippen LogP contribution in [0.2, 0.25) is 0 Å². The fourth-order valence-electron chi connectivity index (χ4n) is 1.59. The molecule has 16 heavy (non-hydrogen) atoms. The van der Waals surface area contributed by atoms with E-state index in [4.69, 9.17) is 0 Å². The molecule has 2 N–H and O–H groups in total. The number of hydrogen-bond acceptors (Lipinski definition) is 4. The molecule has 0 radical (unpaired) electrons. The third-order valence-corrected chi connectivity index (χ3v) is 4.06. The average molecular weight is 250 g/mol. The molecule has 0 aliphatic rings. The number of thiophene rings is 2. The number of aromatic amines is 2. The zero-order valence-corrected chi connectivity index (χ0v) is 9.58. The third kappa shape index (κ3) is 1.35. The molecule has 0 aliphatic carbocycles. The van der Waals surface area contributed by atoms with Gasteiger partial charge in [0.1, 0.15) is 4.83 Å². The molecule has 3 heterocycles. The minimum Gasteiger partial charge on any atom is -0.298 e. The van der Waals surface area contributed by atoms with Crippen molar-refractivity contribution < 1.29 is 0 Å². The second-order valence-corrected chi connectivity index (χ2v) is 5.07.